The quantitative estimate of drug-likeness (QED) is 0.499. The van der Waals surface area contributed by atoms with Gasteiger partial charge >= 0.3 is 18.2 Å². The highest BCUT2D eigenvalue weighted by molar-refractivity contribution is 6.29. The number of fused-ring (bicyclic) bond motifs is 3. The van der Waals surface area contributed by atoms with Crippen molar-refractivity contribution >= 4 is 40.9 Å². The van der Waals surface area contributed by atoms with Gasteiger partial charge in [0.25, 0.3) is 0 Å². The Morgan fingerprint density at radius 2 is 1.66 bits per heavy atom. The Bertz CT molecular complexity index is 1340. The molecule has 0 spiro atoms. The summed E-state index contributed by atoms with van der Waals surface area (Å²) >= 11 is 6.18. The second-order valence-corrected chi connectivity index (χ2v) is 12.8. The van der Waals surface area contributed by atoms with Gasteiger partial charge in [-0.2, -0.15) is 0 Å². The van der Waals surface area contributed by atoms with Crippen LogP contribution < -0.4 is 14.5 Å². The van der Waals surface area contributed by atoms with Gasteiger partial charge in [-0.1, -0.05) is 17.7 Å². The lowest BCUT2D eigenvalue weighted by Crippen LogP contribution is -2.50. The van der Waals surface area contributed by atoms with Gasteiger partial charge in [0, 0.05) is 43.5 Å². The molecule has 2 atom stereocenters. The van der Waals surface area contributed by atoms with E-state index in [2.05, 4.69) is 25.1 Å². The highest BCUT2D eigenvalue weighted by Gasteiger charge is 2.43. The first-order valence-electron chi connectivity index (χ1n) is 13.7. The second-order valence-electron chi connectivity index (χ2n) is 12.4. The highest BCUT2D eigenvalue weighted by atomic mass is 35.5. The van der Waals surface area contributed by atoms with Crippen molar-refractivity contribution in [1.29, 1.82) is 0 Å². The normalized spacial score (nSPS) is 20.7. The van der Waals surface area contributed by atoms with E-state index in [9.17, 15) is 9.59 Å². The van der Waals surface area contributed by atoms with E-state index < -0.39 is 17.3 Å². The van der Waals surface area contributed by atoms with Crippen LogP contribution in [0.3, 0.4) is 0 Å². The highest BCUT2D eigenvalue weighted by Crippen LogP contribution is 2.40. The van der Waals surface area contributed by atoms with Crippen LogP contribution in [0.5, 0.6) is 6.01 Å². The van der Waals surface area contributed by atoms with Crippen LogP contribution in [0.15, 0.2) is 24.5 Å². The molecular weight excluding hydrogens is 550 g/mol. The zero-order valence-corrected chi connectivity index (χ0v) is 25.0. The molecule has 3 aliphatic heterocycles. The van der Waals surface area contributed by atoms with Gasteiger partial charge in [0.1, 0.15) is 17.3 Å². The van der Waals surface area contributed by atoms with Crippen LogP contribution in [0, 0.1) is 0 Å². The fraction of sp³-hybridized carbons (Fsp3) is 0.571. The first kappa shape index (κ1) is 28.8. The van der Waals surface area contributed by atoms with E-state index in [0.717, 1.165) is 11.1 Å². The summed E-state index contributed by atoms with van der Waals surface area (Å²) in [5.41, 5.74) is 1.50. The topological polar surface area (TPSA) is 123 Å². The maximum atomic E-state index is 13.0. The van der Waals surface area contributed by atoms with Gasteiger partial charge in [-0.15, -0.1) is 10.2 Å². The molecule has 220 valence electrons. The average molecular weight is 586 g/mol. The zero-order valence-electron chi connectivity index (χ0n) is 24.3. The van der Waals surface area contributed by atoms with Crippen LogP contribution in [0.2, 0.25) is 5.15 Å². The minimum Gasteiger partial charge on any atom is -0.458 e. The SMILES string of the molecule is CC(C)(C)OC(=O)N1CC=C(c2cnc(O[C@H]3C[C@@H]4CN(C(=O)OC(C)(C)C)c5nnc(Cl)cc5N4C3)nc2)CC1. The largest absolute Gasteiger partial charge is 0.458 e. The van der Waals surface area contributed by atoms with Crippen LogP contribution in [-0.4, -0.2) is 86.8 Å². The Morgan fingerprint density at radius 3 is 2.29 bits per heavy atom. The van der Waals surface area contributed by atoms with Crippen LogP contribution >= 0.6 is 11.6 Å². The minimum absolute atomic E-state index is 0.0279. The predicted octanol–water partition coefficient (Wildman–Crippen LogP) is 4.73. The molecular formula is C28H36ClN7O5. The molecule has 0 N–H and O–H groups in total. The number of nitrogens with zero attached hydrogens (tertiary/aromatic N) is 7. The number of carbonyl (C=O) groups is 2. The molecule has 5 heterocycles. The summed E-state index contributed by atoms with van der Waals surface area (Å²) in [7, 11) is 0. The smallest absolute Gasteiger partial charge is 0.416 e. The molecule has 12 nitrogen and oxygen atoms in total. The number of hydrogen-bond donors (Lipinski definition) is 0. The zero-order chi connectivity index (χ0) is 29.5. The summed E-state index contributed by atoms with van der Waals surface area (Å²) in [5.74, 6) is 0.409. The molecule has 5 rings (SSSR count). The van der Waals surface area contributed by atoms with Crippen molar-refractivity contribution in [3.05, 3.63) is 35.3 Å². The standard InChI is InChI=1S/C28H36ClN7O5/c1-27(2,3)40-25(37)34-9-7-17(8-10-34)18-13-30-24(31-14-18)39-20-11-19-15-36(26(38)41-28(4,5)6)23-21(35(19)16-20)12-22(29)32-33-23/h7,12-14,19-20H,8-11,15-16H2,1-6H3/t19-,20+/m1/s1. The number of carbonyl (C=O) groups excluding carboxylic acids is 2. The maximum absolute atomic E-state index is 13.0. The van der Waals surface area contributed by atoms with Crippen molar-refractivity contribution in [1.82, 2.24) is 25.1 Å². The molecule has 41 heavy (non-hydrogen) atoms. The molecule has 0 unspecified atom stereocenters. The Kier molecular flexibility index (Phi) is 7.71. The number of ether oxygens (including phenoxy) is 3. The van der Waals surface area contributed by atoms with Gasteiger partial charge in [-0.25, -0.2) is 19.6 Å². The second kappa shape index (κ2) is 11.0. The summed E-state index contributed by atoms with van der Waals surface area (Å²) in [6.07, 6.45) is 5.82. The molecule has 0 aromatic carbocycles. The molecule has 2 aromatic rings. The Labute approximate surface area is 244 Å². The fourth-order valence-electron chi connectivity index (χ4n) is 5.07. The Morgan fingerprint density at radius 1 is 0.976 bits per heavy atom. The van der Waals surface area contributed by atoms with Gasteiger partial charge in [0.15, 0.2) is 11.0 Å². The molecule has 2 amide bonds. The van der Waals surface area contributed by atoms with Crippen LogP contribution in [0.4, 0.5) is 21.1 Å². The third-order valence-corrected chi connectivity index (χ3v) is 6.99. The van der Waals surface area contributed by atoms with E-state index in [4.69, 9.17) is 25.8 Å². The van der Waals surface area contributed by atoms with Crippen molar-refractivity contribution in [2.24, 2.45) is 0 Å². The molecule has 0 radical (unpaired) electrons. The van der Waals surface area contributed by atoms with Crippen LogP contribution in [-0.2, 0) is 9.47 Å². The van der Waals surface area contributed by atoms with Crippen molar-refractivity contribution < 1.29 is 23.8 Å². The number of anilines is 2. The molecule has 0 bridgehead atoms. The summed E-state index contributed by atoms with van der Waals surface area (Å²) < 4.78 is 17.3. The molecule has 1 saturated heterocycles. The molecule has 0 saturated carbocycles. The first-order valence-corrected chi connectivity index (χ1v) is 14.1. The fourth-order valence-corrected chi connectivity index (χ4v) is 5.22. The van der Waals surface area contributed by atoms with E-state index in [-0.39, 0.29) is 29.4 Å². The van der Waals surface area contributed by atoms with Gasteiger partial charge < -0.3 is 24.0 Å². The van der Waals surface area contributed by atoms with E-state index in [1.165, 1.54) is 4.90 Å². The lowest BCUT2D eigenvalue weighted by Gasteiger charge is -2.38. The molecule has 3 aliphatic rings. The van der Waals surface area contributed by atoms with Gasteiger partial charge in [0.2, 0.25) is 0 Å². The minimum atomic E-state index is -0.649. The number of hydrogen-bond acceptors (Lipinski definition) is 10. The molecule has 13 heteroatoms. The van der Waals surface area contributed by atoms with E-state index in [1.807, 2.05) is 47.6 Å². The average Bonchev–Trinajstić information content (AvgIpc) is 3.29. The Balaban J connectivity index is 1.23. The van der Waals surface area contributed by atoms with E-state index in [0.29, 0.717) is 50.5 Å². The predicted molar refractivity (Wildman–Crippen MR) is 153 cm³/mol. The van der Waals surface area contributed by atoms with Gasteiger partial charge in [0.05, 0.1) is 24.8 Å². The number of amides is 2. The Hall–Kier alpha value is -3.67. The van der Waals surface area contributed by atoms with E-state index >= 15 is 0 Å². The summed E-state index contributed by atoms with van der Waals surface area (Å²) in [6, 6.07) is 1.96. The monoisotopic (exact) mass is 585 g/mol. The summed E-state index contributed by atoms with van der Waals surface area (Å²) in [5, 5.41) is 8.40. The van der Waals surface area contributed by atoms with Crippen LogP contribution in [0.25, 0.3) is 5.57 Å². The number of rotatable bonds is 3. The third kappa shape index (κ3) is 6.80. The first-order chi connectivity index (χ1) is 19.3. The number of aromatic nitrogens is 4. The van der Waals surface area contributed by atoms with Gasteiger partial charge in [-0.05, 0) is 53.5 Å². The summed E-state index contributed by atoms with van der Waals surface area (Å²) in [6.45, 7) is 13.0. The lowest BCUT2D eigenvalue weighted by atomic mass is 10.0. The molecule has 0 aliphatic carbocycles. The summed E-state index contributed by atoms with van der Waals surface area (Å²) in [4.78, 5) is 39.6. The van der Waals surface area contributed by atoms with Gasteiger partial charge in [-0.3, -0.25) is 4.90 Å². The van der Waals surface area contributed by atoms with Crippen molar-refractivity contribution in [3.63, 3.8) is 0 Å². The number of halogens is 1. The maximum Gasteiger partial charge on any atom is 0.416 e. The molecule has 2 aromatic heterocycles. The lowest BCUT2D eigenvalue weighted by molar-refractivity contribution is 0.0270. The molecule has 1 fully saturated rings. The van der Waals surface area contributed by atoms with Crippen molar-refractivity contribution in [2.45, 2.75) is 77.7 Å². The third-order valence-electron chi connectivity index (χ3n) is 6.81. The van der Waals surface area contributed by atoms with Crippen molar-refractivity contribution in [3.8, 4) is 6.01 Å². The van der Waals surface area contributed by atoms with Crippen molar-refractivity contribution in [2.75, 3.05) is 36.0 Å². The van der Waals surface area contributed by atoms with Crippen LogP contribution in [0.1, 0.15) is 59.9 Å². The van der Waals surface area contributed by atoms with E-state index in [1.54, 1.807) is 23.4 Å².